The van der Waals surface area contributed by atoms with Gasteiger partial charge in [0.05, 0.1) is 11.5 Å². The minimum Gasteiger partial charge on any atom is -0.492 e. The first-order valence-electron chi connectivity index (χ1n) is 5.56. The van der Waals surface area contributed by atoms with Gasteiger partial charge in [-0.25, -0.2) is 8.42 Å². The number of hydrogen-bond acceptors (Lipinski definition) is 4. The van der Waals surface area contributed by atoms with Gasteiger partial charge in [-0.3, -0.25) is 0 Å². The van der Waals surface area contributed by atoms with Crippen LogP contribution in [0.4, 0.5) is 0 Å². The zero-order chi connectivity index (χ0) is 12.9. The van der Waals surface area contributed by atoms with Crippen molar-refractivity contribution < 1.29 is 13.2 Å². The summed E-state index contributed by atoms with van der Waals surface area (Å²) >= 11 is 0. The van der Waals surface area contributed by atoms with Crippen molar-refractivity contribution in [1.82, 2.24) is 0 Å². The molecule has 0 unspecified atom stereocenters. The number of benzene rings is 1. The quantitative estimate of drug-likeness (QED) is 0.827. The second-order valence-corrected chi connectivity index (χ2v) is 6.31. The van der Waals surface area contributed by atoms with Gasteiger partial charge in [-0.15, -0.1) is 0 Å². The molecule has 17 heavy (non-hydrogen) atoms. The number of nitrogens with two attached hydrogens (primary N) is 1. The van der Waals surface area contributed by atoms with E-state index >= 15 is 0 Å². The van der Waals surface area contributed by atoms with E-state index in [0.717, 1.165) is 16.9 Å². The van der Waals surface area contributed by atoms with Gasteiger partial charge in [0.15, 0.2) is 9.84 Å². The molecule has 2 N–H and O–H groups in total. The topological polar surface area (TPSA) is 69.4 Å². The van der Waals surface area contributed by atoms with E-state index in [9.17, 15) is 8.42 Å². The summed E-state index contributed by atoms with van der Waals surface area (Å²) in [6.07, 6.45) is 0. The van der Waals surface area contributed by atoms with Crippen LogP contribution < -0.4 is 10.5 Å². The fraction of sp³-hybridized carbons (Fsp3) is 0.500. The van der Waals surface area contributed by atoms with Gasteiger partial charge >= 0.3 is 0 Å². The van der Waals surface area contributed by atoms with Gasteiger partial charge < -0.3 is 10.5 Å². The second-order valence-electron chi connectivity index (χ2n) is 4.01. The van der Waals surface area contributed by atoms with Crippen molar-refractivity contribution in [3.05, 3.63) is 29.3 Å². The Morgan fingerprint density at radius 3 is 2.29 bits per heavy atom. The number of para-hydroxylation sites is 1. The minimum absolute atomic E-state index is 0.0119. The smallest absolute Gasteiger partial charge is 0.154 e. The van der Waals surface area contributed by atoms with E-state index in [2.05, 4.69) is 0 Å². The Labute approximate surface area is 103 Å². The van der Waals surface area contributed by atoms with Crippen molar-refractivity contribution in [2.75, 3.05) is 24.7 Å². The van der Waals surface area contributed by atoms with E-state index in [1.54, 1.807) is 0 Å². The Kier molecular flexibility index (Phi) is 4.96. The number of aryl methyl sites for hydroxylation is 2. The third-order valence-corrected chi connectivity index (χ3v) is 4.12. The molecule has 0 fully saturated rings. The fourth-order valence-electron chi connectivity index (χ4n) is 1.58. The molecular formula is C12H19NO3S. The highest BCUT2D eigenvalue weighted by molar-refractivity contribution is 7.91. The molecule has 0 radical (unpaired) electrons. The maximum atomic E-state index is 11.4. The molecule has 0 aromatic heterocycles. The van der Waals surface area contributed by atoms with Crippen LogP contribution in [0.1, 0.15) is 11.1 Å². The summed E-state index contributed by atoms with van der Waals surface area (Å²) in [5.74, 6) is 0.802. The summed E-state index contributed by atoms with van der Waals surface area (Å²) in [4.78, 5) is 0. The summed E-state index contributed by atoms with van der Waals surface area (Å²) < 4.78 is 28.4. The highest BCUT2D eigenvalue weighted by atomic mass is 32.2. The number of ether oxygens (including phenoxy) is 1. The summed E-state index contributed by atoms with van der Waals surface area (Å²) in [7, 11) is -3.08. The van der Waals surface area contributed by atoms with Crippen LogP contribution in [0, 0.1) is 13.8 Å². The van der Waals surface area contributed by atoms with Crippen molar-refractivity contribution >= 4 is 9.84 Å². The first-order chi connectivity index (χ1) is 7.96. The molecule has 96 valence electrons. The molecule has 0 amide bonds. The van der Waals surface area contributed by atoms with Crippen LogP contribution in [0.2, 0.25) is 0 Å². The zero-order valence-electron chi connectivity index (χ0n) is 10.3. The van der Waals surface area contributed by atoms with Gasteiger partial charge in [-0.05, 0) is 25.0 Å². The Morgan fingerprint density at radius 2 is 1.76 bits per heavy atom. The van der Waals surface area contributed by atoms with Gasteiger partial charge in [0.25, 0.3) is 0 Å². The predicted molar refractivity (Wildman–Crippen MR) is 69.1 cm³/mol. The van der Waals surface area contributed by atoms with Crippen LogP contribution in [0.25, 0.3) is 0 Å². The van der Waals surface area contributed by atoms with Gasteiger partial charge in [0.1, 0.15) is 12.4 Å². The van der Waals surface area contributed by atoms with Crippen LogP contribution >= 0.6 is 0 Å². The lowest BCUT2D eigenvalue weighted by atomic mass is 10.1. The average Bonchev–Trinajstić information content (AvgIpc) is 2.22. The van der Waals surface area contributed by atoms with Crippen molar-refractivity contribution in [3.63, 3.8) is 0 Å². The Hall–Kier alpha value is -1.07. The fourth-order valence-corrected chi connectivity index (χ4v) is 2.48. The van der Waals surface area contributed by atoms with E-state index in [1.165, 1.54) is 0 Å². The lowest BCUT2D eigenvalue weighted by Gasteiger charge is -2.11. The maximum Gasteiger partial charge on any atom is 0.154 e. The SMILES string of the molecule is Cc1cccc(C)c1OCCS(=O)(=O)CCN. The van der Waals surface area contributed by atoms with Crippen LogP contribution in [0.3, 0.4) is 0 Å². The monoisotopic (exact) mass is 257 g/mol. The third-order valence-electron chi connectivity index (χ3n) is 2.48. The summed E-state index contributed by atoms with van der Waals surface area (Å²) in [5, 5.41) is 0. The molecule has 1 aromatic rings. The lowest BCUT2D eigenvalue weighted by molar-refractivity contribution is 0.336. The average molecular weight is 257 g/mol. The summed E-state index contributed by atoms with van der Waals surface area (Å²) in [5.41, 5.74) is 7.26. The maximum absolute atomic E-state index is 11.4. The Balaban J connectivity index is 2.57. The number of hydrogen-bond donors (Lipinski definition) is 1. The normalized spacial score (nSPS) is 11.5. The first-order valence-corrected chi connectivity index (χ1v) is 7.38. The van der Waals surface area contributed by atoms with Crippen molar-refractivity contribution in [2.24, 2.45) is 5.73 Å². The molecule has 0 saturated heterocycles. The largest absolute Gasteiger partial charge is 0.492 e. The lowest BCUT2D eigenvalue weighted by Crippen LogP contribution is -2.22. The highest BCUT2D eigenvalue weighted by Crippen LogP contribution is 2.22. The first kappa shape index (κ1) is 14.0. The number of rotatable bonds is 6. The van der Waals surface area contributed by atoms with Crippen molar-refractivity contribution in [2.45, 2.75) is 13.8 Å². The molecule has 1 rings (SSSR count). The molecule has 0 atom stereocenters. The third kappa shape index (κ3) is 4.36. The number of sulfone groups is 1. The van der Waals surface area contributed by atoms with Crippen LogP contribution in [-0.2, 0) is 9.84 Å². The predicted octanol–water partition coefficient (Wildman–Crippen LogP) is 1.06. The molecule has 0 spiro atoms. The van der Waals surface area contributed by atoms with Gasteiger partial charge in [0.2, 0.25) is 0 Å². The van der Waals surface area contributed by atoms with E-state index in [-0.39, 0.29) is 24.7 Å². The molecule has 0 aliphatic carbocycles. The van der Waals surface area contributed by atoms with E-state index in [0.29, 0.717) is 0 Å². The molecule has 0 saturated carbocycles. The standard InChI is InChI=1S/C12H19NO3S/c1-10-4-3-5-11(2)12(10)16-7-9-17(14,15)8-6-13/h3-5H,6-9,13H2,1-2H3. The summed E-state index contributed by atoms with van der Waals surface area (Å²) in [6.45, 7) is 4.22. The molecular weight excluding hydrogens is 238 g/mol. The minimum atomic E-state index is -3.08. The van der Waals surface area contributed by atoms with Gasteiger partial charge in [-0.2, -0.15) is 0 Å². The van der Waals surface area contributed by atoms with E-state index < -0.39 is 9.84 Å². The Bertz CT molecular complexity index is 448. The van der Waals surface area contributed by atoms with Gasteiger partial charge in [0, 0.05) is 6.54 Å². The Morgan fingerprint density at radius 1 is 1.18 bits per heavy atom. The van der Waals surface area contributed by atoms with Crippen molar-refractivity contribution in [3.8, 4) is 5.75 Å². The summed E-state index contributed by atoms with van der Waals surface area (Å²) in [6, 6.07) is 5.83. The van der Waals surface area contributed by atoms with Crippen molar-refractivity contribution in [1.29, 1.82) is 0 Å². The highest BCUT2D eigenvalue weighted by Gasteiger charge is 2.10. The van der Waals surface area contributed by atoms with E-state index in [1.807, 2.05) is 32.0 Å². The zero-order valence-corrected chi connectivity index (χ0v) is 11.1. The van der Waals surface area contributed by atoms with Crippen LogP contribution in [0.15, 0.2) is 18.2 Å². The van der Waals surface area contributed by atoms with E-state index in [4.69, 9.17) is 10.5 Å². The molecule has 0 aliphatic rings. The van der Waals surface area contributed by atoms with Gasteiger partial charge in [-0.1, -0.05) is 18.2 Å². The molecule has 4 nitrogen and oxygen atoms in total. The second kappa shape index (κ2) is 6.02. The van der Waals surface area contributed by atoms with Crippen LogP contribution in [0.5, 0.6) is 5.75 Å². The van der Waals surface area contributed by atoms with Crippen LogP contribution in [-0.4, -0.2) is 33.1 Å². The molecule has 0 bridgehead atoms. The molecule has 1 aromatic carbocycles. The molecule has 5 heteroatoms. The molecule has 0 heterocycles. The molecule has 0 aliphatic heterocycles.